The standard InChI is InChI=1S/C14H16N2O2S2/c1-8-6-10(9(2)20-8)11-7-19-14(15-11)16-13(17)12-4-3-5-18-12/h6-7,12H,3-5H2,1-2H3,(H,15,16,17)/t12-/m0/s1. The van der Waals surface area contributed by atoms with Gasteiger partial charge in [-0.15, -0.1) is 22.7 Å². The number of amides is 1. The molecule has 0 spiro atoms. The molecule has 1 aliphatic rings. The zero-order valence-corrected chi connectivity index (χ0v) is 13.1. The van der Waals surface area contributed by atoms with Crippen molar-refractivity contribution in [2.24, 2.45) is 0 Å². The maximum absolute atomic E-state index is 12.0. The first-order valence-corrected chi connectivity index (χ1v) is 8.28. The summed E-state index contributed by atoms with van der Waals surface area (Å²) in [5, 5.41) is 5.48. The van der Waals surface area contributed by atoms with Crippen molar-refractivity contribution in [3.8, 4) is 11.3 Å². The quantitative estimate of drug-likeness (QED) is 0.942. The van der Waals surface area contributed by atoms with E-state index in [4.69, 9.17) is 4.74 Å². The molecule has 0 radical (unpaired) electrons. The molecule has 0 aliphatic carbocycles. The molecular weight excluding hydrogens is 292 g/mol. The van der Waals surface area contributed by atoms with Gasteiger partial charge in [-0.3, -0.25) is 10.1 Å². The van der Waals surface area contributed by atoms with Gasteiger partial charge in [-0.1, -0.05) is 0 Å². The van der Waals surface area contributed by atoms with Crippen LogP contribution in [0.3, 0.4) is 0 Å². The average molecular weight is 308 g/mol. The van der Waals surface area contributed by atoms with Gasteiger partial charge in [-0.25, -0.2) is 4.98 Å². The molecule has 4 nitrogen and oxygen atoms in total. The molecule has 1 aliphatic heterocycles. The lowest BCUT2D eigenvalue weighted by Gasteiger charge is -2.07. The first kappa shape index (κ1) is 13.7. The second-order valence-electron chi connectivity index (χ2n) is 4.86. The Morgan fingerprint density at radius 2 is 2.35 bits per heavy atom. The van der Waals surface area contributed by atoms with Gasteiger partial charge in [0.2, 0.25) is 0 Å². The molecule has 1 saturated heterocycles. The number of hydrogen-bond donors (Lipinski definition) is 1. The van der Waals surface area contributed by atoms with Crippen LogP contribution in [0.5, 0.6) is 0 Å². The average Bonchev–Trinajstić information content (AvgIpc) is 3.10. The van der Waals surface area contributed by atoms with Crippen LogP contribution in [0.1, 0.15) is 22.6 Å². The highest BCUT2D eigenvalue weighted by atomic mass is 32.1. The van der Waals surface area contributed by atoms with E-state index in [-0.39, 0.29) is 12.0 Å². The lowest BCUT2D eigenvalue weighted by molar-refractivity contribution is -0.124. The number of thiazole rings is 1. The lowest BCUT2D eigenvalue weighted by Crippen LogP contribution is -2.26. The molecule has 2 aromatic rings. The topological polar surface area (TPSA) is 51.2 Å². The molecule has 3 heterocycles. The summed E-state index contributed by atoms with van der Waals surface area (Å²) >= 11 is 3.22. The Labute approximate surface area is 125 Å². The number of aromatic nitrogens is 1. The summed E-state index contributed by atoms with van der Waals surface area (Å²) in [5.41, 5.74) is 2.08. The monoisotopic (exact) mass is 308 g/mol. The fourth-order valence-electron chi connectivity index (χ4n) is 2.31. The molecule has 2 aromatic heterocycles. The van der Waals surface area contributed by atoms with Crippen LogP contribution in [0.25, 0.3) is 11.3 Å². The maximum atomic E-state index is 12.0. The number of nitrogens with one attached hydrogen (secondary N) is 1. The summed E-state index contributed by atoms with van der Waals surface area (Å²) in [5.74, 6) is -0.0818. The van der Waals surface area contributed by atoms with Gasteiger partial charge in [0, 0.05) is 27.3 Å². The molecule has 0 bridgehead atoms. The number of anilines is 1. The molecule has 0 saturated carbocycles. The van der Waals surface area contributed by atoms with Crippen molar-refractivity contribution < 1.29 is 9.53 Å². The number of thiophene rings is 1. The van der Waals surface area contributed by atoms with E-state index in [1.54, 1.807) is 11.3 Å². The molecule has 3 rings (SSSR count). The van der Waals surface area contributed by atoms with Gasteiger partial charge in [-0.2, -0.15) is 0 Å². The Morgan fingerprint density at radius 3 is 3.00 bits per heavy atom. The van der Waals surface area contributed by atoms with Gasteiger partial charge in [0.1, 0.15) is 6.10 Å². The summed E-state index contributed by atoms with van der Waals surface area (Å²) < 4.78 is 5.37. The zero-order valence-electron chi connectivity index (χ0n) is 11.4. The molecular formula is C14H16N2O2S2. The molecule has 1 N–H and O–H groups in total. The van der Waals surface area contributed by atoms with E-state index in [0.29, 0.717) is 11.7 Å². The molecule has 1 fully saturated rings. The second-order valence-corrected chi connectivity index (χ2v) is 7.17. The van der Waals surface area contributed by atoms with Gasteiger partial charge >= 0.3 is 0 Å². The molecule has 0 aromatic carbocycles. The SMILES string of the molecule is Cc1cc(-c2csc(NC(=O)[C@@H]3CCCO3)n2)c(C)s1. The smallest absolute Gasteiger partial charge is 0.255 e. The van der Waals surface area contributed by atoms with Crippen molar-refractivity contribution in [2.75, 3.05) is 11.9 Å². The van der Waals surface area contributed by atoms with Crippen LogP contribution in [0.4, 0.5) is 5.13 Å². The van der Waals surface area contributed by atoms with Crippen LogP contribution in [0.2, 0.25) is 0 Å². The van der Waals surface area contributed by atoms with Crippen molar-refractivity contribution in [3.63, 3.8) is 0 Å². The van der Waals surface area contributed by atoms with Crippen LogP contribution in [-0.2, 0) is 9.53 Å². The van der Waals surface area contributed by atoms with Crippen LogP contribution < -0.4 is 5.32 Å². The molecule has 1 atom stereocenters. The Hall–Kier alpha value is -1.24. The van der Waals surface area contributed by atoms with Crippen molar-refractivity contribution in [1.82, 2.24) is 4.98 Å². The predicted octanol–water partition coefficient (Wildman–Crippen LogP) is 3.61. The van der Waals surface area contributed by atoms with Gasteiger partial charge < -0.3 is 4.74 Å². The van der Waals surface area contributed by atoms with Gasteiger partial charge in [-0.05, 0) is 32.8 Å². The largest absolute Gasteiger partial charge is 0.368 e. The van der Waals surface area contributed by atoms with E-state index in [1.807, 2.05) is 5.38 Å². The maximum Gasteiger partial charge on any atom is 0.255 e. The third kappa shape index (κ3) is 2.77. The summed E-state index contributed by atoms with van der Waals surface area (Å²) in [7, 11) is 0. The van der Waals surface area contributed by atoms with Crippen LogP contribution in [0, 0.1) is 13.8 Å². The number of aryl methyl sites for hydroxylation is 2. The number of carbonyl (C=O) groups excluding carboxylic acids is 1. The van der Waals surface area contributed by atoms with Gasteiger partial charge in [0.15, 0.2) is 5.13 Å². The number of rotatable bonds is 3. The van der Waals surface area contributed by atoms with Gasteiger partial charge in [0.25, 0.3) is 5.91 Å². The second kappa shape index (κ2) is 5.63. The molecule has 0 unspecified atom stereocenters. The first-order chi connectivity index (χ1) is 9.63. The Bertz CT molecular complexity index is 627. The van der Waals surface area contributed by atoms with E-state index < -0.39 is 0 Å². The number of ether oxygens (including phenoxy) is 1. The van der Waals surface area contributed by atoms with E-state index in [1.165, 1.54) is 21.1 Å². The van der Waals surface area contributed by atoms with E-state index in [9.17, 15) is 4.79 Å². The first-order valence-electron chi connectivity index (χ1n) is 6.59. The van der Waals surface area contributed by atoms with Crippen molar-refractivity contribution in [1.29, 1.82) is 0 Å². The molecule has 1 amide bonds. The van der Waals surface area contributed by atoms with E-state index in [2.05, 4.69) is 30.2 Å². The predicted molar refractivity (Wildman–Crippen MR) is 82.5 cm³/mol. The minimum Gasteiger partial charge on any atom is -0.368 e. The lowest BCUT2D eigenvalue weighted by atomic mass is 10.2. The van der Waals surface area contributed by atoms with Crippen LogP contribution >= 0.6 is 22.7 Å². The third-order valence-electron chi connectivity index (χ3n) is 3.27. The van der Waals surface area contributed by atoms with E-state index >= 15 is 0 Å². The summed E-state index contributed by atoms with van der Waals surface area (Å²) in [4.78, 5) is 19.0. The third-order valence-corrected chi connectivity index (χ3v) is 5.00. The number of nitrogens with zero attached hydrogens (tertiary/aromatic N) is 1. The van der Waals surface area contributed by atoms with Crippen molar-refractivity contribution in [3.05, 3.63) is 21.2 Å². The Kier molecular flexibility index (Phi) is 3.87. The zero-order chi connectivity index (χ0) is 14.1. The highest BCUT2D eigenvalue weighted by Gasteiger charge is 2.24. The molecule has 6 heteroatoms. The fraction of sp³-hybridized carbons (Fsp3) is 0.429. The van der Waals surface area contributed by atoms with Crippen LogP contribution in [0.15, 0.2) is 11.4 Å². The van der Waals surface area contributed by atoms with E-state index in [0.717, 1.165) is 24.1 Å². The summed E-state index contributed by atoms with van der Waals surface area (Å²) in [6.45, 7) is 4.86. The summed E-state index contributed by atoms with van der Waals surface area (Å²) in [6.07, 6.45) is 1.44. The Morgan fingerprint density at radius 1 is 1.50 bits per heavy atom. The fourth-order valence-corrected chi connectivity index (χ4v) is 3.96. The Balaban J connectivity index is 1.73. The summed E-state index contributed by atoms with van der Waals surface area (Å²) in [6, 6.07) is 2.14. The number of hydrogen-bond acceptors (Lipinski definition) is 5. The minimum atomic E-state index is -0.313. The minimum absolute atomic E-state index is 0.0818. The van der Waals surface area contributed by atoms with Crippen LogP contribution in [-0.4, -0.2) is 23.6 Å². The van der Waals surface area contributed by atoms with Crippen molar-refractivity contribution >= 4 is 33.7 Å². The number of carbonyl (C=O) groups is 1. The normalized spacial score (nSPS) is 18.4. The highest BCUT2D eigenvalue weighted by molar-refractivity contribution is 7.14. The molecule has 106 valence electrons. The van der Waals surface area contributed by atoms with Gasteiger partial charge in [0.05, 0.1) is 5.69 Å². The van der Waals surface area contributed by atoms with Crippen molar-refractivity contribution in [2.45, 2.75) is 32.8 Å². The highest BCUT2D eigenvalue weighted by Crippen LogP contribution is 2.32. The molecule has 20 heavy (non-hydrogen) atoms.